The van der Waals surface area contributed by atoms with Crippen molar-refractivity contribution in [3.63, 3.8) is 0 Å². The number of ether oxygens (including phenoxy) is 1. The predicted octanol–water partition coefficient (Wildman–Crippen LogP) is 4.11. The summed E-state index contributed by atoms with van der Waals surface area (Å²) in [5, 5.41) is 13.2. The van der Waals surface area contributed by atoms with E-state index in [1.54, 1.807) is 12.1 Å². The molecule has 1 radical (unpaired) electrons. The van der Waals surface area contributed by atoms with Crippen molar-refractivity contribution in [2.24, 2.45) is 0 Å². The van der Waals surface area contributed by atoms with Gasteiger partial charge in [0.1, 0.15) is 5.75 Å². The second-order valence-electron chi connectivity index (χ2n) is 6.00. The summed E-state index contributed by atoms with van der Waals surface area (Å²) in [5.41, 5.74) is 4.48. The third kappa shape index (κ3) is 6.53. The summed E-state index contributed by atoms with van der Waals surface area (Å²) in [7, 11) is 0. The number of phenols is 1. The molecule has 3 nitrogen and oxygen atoms in total. The minimum absolute atomic E-state index is 0. The Bertz CT molecular complexity index is 734. The summed E-state index contributed by atoms with van der Waals surface area (Å²) in [5.74, 6) is 0.598. The van der Waals surface area contributed by atoms with Crippen molar-refractivity contribution in [1.82, 2.24) is 5.32 Å². The molecule has 0 amide bonds. The fourth-order valence-electron chi connectivity index (χ4n) is 2.86. The van der Waals surface area contributed by atoms with Crippen LogP contribution in [0.5, 0.6) is 11.5 Å². The van der Waals surface area contributed by atoms with Crippen LogP contribution in [0.2, 0.25) is 0 Å². The normalized spacial score (nSPS) is 12.7. The fraction of sp³-hybridized carbons (Fsp3) is 0.286. The Labute approximate surface area is 195 Å². The number of phenolic OH excluding ortho intramolecular Hbond substituents is 1. The first kappa shape index (κ1) is 23.4. The van der Waals surface area contributed by atoms with Crippen LogP contribution in [0.25, 0.3) is 5.57 Å². The van der Waals surface area contributed by atoms with Crippen LogP contribution in [-0.2, 0) is 60.3 Å². The van der Waals surface area contributed by atoms with Gasteiger partial charge < -0.3 is 15.2 Å². The maximum absolute atomic E-state index is 9.85. The van der Waals surface area contributed by atoms with Gasteiger partial charge in [-0.3, -0.25) is 6.08 Å². The van der Waals surface area contributed by atoms with Crippen LogP contribution >= 0.6 is 0 Å². The van der Waals surface area contributed by atoms with E-state index in [2.05, 4.69) is 42.6 Å². The van der Waals surface area contributed by atoms with Crippen LogP contribution in [0.1, 0.15) is 36.0 Å². The topological polar surface area (TPSA) is 41.5 Å². The Hall–Kier alpha value is -0.598. The molecule has 0 saturated heterocycles. The van der Waals surface area contributed by atoms with E-state index in [-0.39, 0.29) is 59.5 Å². The molecule has 0 aliphatic heterocycles. The van der Waals surface area contributed by atoms with Crippen LogP contribution in [0.3, 0.4) is 0 Å². The summed E-state index contributed by atoms with van der Waals surface area (Å²) in [6.45, 7) is 5.75. The van der Waals surface area contributed by atoms with Crippen LogP contribution in [-0.4, -0.2) is 18.3 Å². The number of allylic oxidation sites excluding steroid dienone is 2. The molecule has 0 saturated carbocycles. The third-order valence-electron chi connectivity index (χ3n) is 4.17. The molecule has 0 spiro atoms. The summed E-state index contributed by atoms with van der Waals surface area (Å²) in [4.78, 5) is 0. The van der Waals surface area contributed by atoms with Gasteiger partial charge in [-0.05, 0) is 6.07 Å². The molecule has 1 aliphatic carbocycles. The first-order valence-electron chi connectivity index (χ1n) is 8.40. The van der Waals surface area contributed by atoms with Gasteiger partial charge in [0.2, 0.25) is 0 Å². The third-order valence-corrected chi connectivity index (χ3v) is 4.17. The second kappa shape index (κ2) is 12.0. The standard InChI is InChI=1S/C21H23NO2.W.Y/c1-16-6-4-11-20(21(16)23)24-13-12-22-15-17-7-5-10-19(14-17)18-8-2-3-9-18;;/h4-7,10-11,14,22-23H,1-3,8,12-13,15H2;;/q-2;;. The Morgan fingerprint density at radius 3 is 2.77 bits per heavy atom. The molecular formula is C21H23NO2WY-2. The molecule has 0 aromatic heterocycles. The average Bonchev–Trinajstić information content (AvgIpc) is 3.13. The van der Waals surface area contributed by atoms with Gasteiger partial charge in [-0.15, -0.1) is 24.6 Å². The van der Waals surface area contributed by atoms with Crippen molar-refractivity contribution in [2.45, 2.75) is 25.8 Å². The Morgan fingerprint density at radius 2 is 2.00 bits per heavy atom. The SMILES string of the molecule is [CH2-]c1cccc(OCCNCc2cccc(C3=[C-]CCC3)c2)c1O.[W].[Y]. The van der Waals surface area contributed by atoms with Gasteiger partial charge in [-0.2, -0.15) is 24.1 Å². The van der Waals surface area contributed by atoms with Crippen LogP contribution in [0.4, 0.5) is 0 Å². The van der Waals surface area contributed by atoms with Crippen LogP contribution in [0.15, 0.2) is 42.5 Å². The number of hydrogen-bond donors (Lipinski definition) is 2. The van der Waals surface area contributed by atoms with Crippen LogP contribution < -0.4 is 10.1 Å². The van der Waals surface area contributed by atoms with Gasteiger partial charge in [-0.25, -0.2) is 5.57 Å². The predicted molar refractivity (Wildman–Crippen MR) is 96.7 cm³/mol. The molecule has 0 unspecified atom stereocenters. The summed E-state index contributed by atoms with van der Waals surface area (Å²) >= 11 is 0. The Kier molecular flexibility index (Phi) is 10.8. The number of aromatic hydroxyl groups is 1. The van der Waals surface area contributed by atoms with Gasteiger partial charge in [0.15, 0.2) is 0 Å². The van der Waals surface area contributed by atoms with E-state index >= 15 is 0 Å². The average molecular weight is 594 g/mol. The van der Waals surface area contributed by atoms with Crippen molar-refractivity contribution < 1.29 is 63.6 Å². The minimum Gasteiger partial charge on any atom is -0.561 e. The zero-order valence-corrected chi connectivity index (χ0v) is 20.6. The summed E-state index contributed by atoms with van der Waals surface area (Å²) in [6, 6.07) is 14.0. The molecule has 0 heterocycles. The molecule has 0 bridgehead atoms. The molecule has 135 valence electrons. The minimum atomic E-state index is 0. The summed E-state index contributed by atoms with van der Waals surface area (Å²) < 4.78 is 5.59. The van der Waals surface area contributed by atoms with E-state index in [1.165, 1.54) is 23.1 Å². The number of benzene rings is 2. The van der Waals surface area contributed by atoms with E-state index in [4.69, 9.17) is 4.74 Å². The van der Waals surface area contributed by atoms with Crippen LogP contribution in [0, 0.1) is 13.0 Å². The van der Waals surface area contributed by atoms with Crippen molar-refractivity contribution in [2.75, 3.05) is 13.2 Å². The van der Waals surface area contributed by atoms with Gasteiger partial charge >= 0.3 is 0 Å². The Balaban J connectivity index is 0.00000169. The summed E-state index contributed by atoms with van der Waals surface area (Å²) in [6.07, 6.45) is 6.89. The molecule has 2 aromatic carbocycles. The molecule has 3 rings (SSSR count). The molecule has 2 N–H and O–H groups in total. The van der Waals surface area contributed by atoms with Crippen molar-refractivity contribution in [3.8, 4) is 11.5 Å². The zero-order valence-electron chi connectivity index (χ0n) is 14.8. The molecule has 0 fully saturated rings. The van der Waals surface area contributed by atoms with Crippen molar-refractivity contribution in [1.29, 1.82) is 0 Å². The van der Waals surface area contributed by atoms with E-state index in [0.717, 1.165) is 19.4 Å². The molecule has 5 heteroatoms. The first-order valence-corrected chi connectivity index (χ1v) is 8.40. The zero-order chi connectivity index (χ0) is 16.8. The maximum atomic E-state index is 9.85. The van der Waals surface area contributed by atoms with E-state index in [0.29, 0.717) is 24.5 Å². The maximum Gasteiger partial charge on any atom is 0.104 e. The van der Waals surface area contributed by atoms with E-state index in [9.17, 15) is 5.11 Å². The fourth-order valence-corrected chi connectivity index (χ4v) is 2.86. The molecular weight excluding hydrogens is 571 g/mol. The number of hydrogen-bond acceptors (Lipinski definition) is 3. The van der Waals surface area contributed by atoms with Gasteiger partial charge in [0.25, 0.3) is 0 Å². The Morgan fingerprint density at radius 1 is 1.19 bits per heavy atom. The number of nitrogens with one attached hydrogen (secondary N) is 1. The molecule has 26 heavy (non-hydrogen) atoms. The first-order chi connectivity index (χ1) is 11.7. The monoisotopic (exact) mass is 594 g/mol. The van der Waals surface area contributed by atoms with Crippen molar-refractivity contribution in [3.05, 3.63) is 72.2 Å². The van der Waals surface area contributed by atoms with Crippen molar-refractivity contribution >= 4 is 5.57 Å². The van der Waals surface area contributed by atoms with Gasteiger partial charge in [0, 0.05) is 66.9 Å². The second-order valence-corrected chi connectivity index (χ2v) is 6.00. The molecule has 1 aliphatic rings. The quantitative estimate of drug-likeness (QED) is 0.375. The number of para-hydroxylation sites is 1. The van der Waals surface area contributed by atoms with E-state index < -0.39 is 0 Å². The van der Waals surface area contributed by atoms with Gasteiger partial charge in [0.05, 0.1) is 12.4 Å². The van der Waals surface area contributed by atoms with E-state index in [1.807, 2.05) is 6.07 Å². The molecule has 2 aromatic rings. The number of rotatable bonds is 7. The largest absolute Gasteiger partial charge is 0.561 e. The smallest absolute Gasteiger partial charge is 0.104 e. The van der Waals surface area contributed by atoms with Gasteiger partial charge in [-0.1, -0.05) is 30.5 Å². The molecule has 0 atom stereocenters.